The molecule has 0 aromatic heterocycles. The van der Waals surface area contributed by atoms with Crippen LogP contribution in [0.5, 0.6) is 0 Å². The quantitative estimate of drug-likeness (QED) is 0.0261. The van der Waals surface area contributed by atoms with E-state index < -0.39 is 6.10 Å². The fourth-order valence-electron chi connectivity index (χ4n) is 9.88. The summed E-state index contributed by atoms with van der Waals surface area (Å²) in [6.45, 7) is 6.53. The lowest BCUT2D eigenvalue weighted by molar-refractivity contribution is -0.167. The van der Waals surface area contributed by atoms with Crippen LogP contribution in [0.1, 0.15) is 348 Å². The molecule has 0 aromatic carbocycles. The molecule has 0 aliphatic carbocycles. The maximum atomic E-state index is 12.9. The summed E-state index contributed by atoms with van der Waals surface area (Å²) in [7, 11) is 0. The SMILES string of the molecule is CC/C=C\C/C=C\C/C=C\C/C=C\CCCCCCCCC(=O)OC(COC(=O)CCCCCCC/C=C\C/C=C\CCCCC)COC(=O)CCCCCCCCCCCCCCCCCCCCCCCCCCCC. The predicted octanol–water partition coefficient (Wildman–Crippen LogP) is 23.3. The maximum absolute atomic E-state index is 12.9. The van der Waals surface area contributed by atoms with Crippen molar-refractivity contribution < 1.29 is 28.6 Å². The van der Waals surface area contributed by atoms with Crippen LogP contribution in [-0.2, 0) is 28.6 Å². The van der Waals surface area contributed by atoms with E-state index in [-0.39, 0.29) is 31.1 Å². The summed E-state index contributed by atoms with van der Waals surface area (Å²) in [5.41, 5.74) is 0. The Balaban J connectivity index is 4.30. The monoisotopic (exact) mass is 1090 g/mol. The van der Waals surface area contributed by atoms with Crippen LogP contribution in [0.4, 0.5) is 0 Å². The van der Waals surface area contributed by atoms with Gasteiger partial charge in [-0.3, -0.25) is 14.4 Å². The van der Waals surface area contributed by atoms with Crippen LogP contribution in [0.25, 0.3) is 0 Å². The number of allylic oxidation sites excluding steroid dienone is 12. The average Bonchev–Trinajstić information content (AvgIpc) is 3.44. The van der Waals surface area contributed by atoms with Gasteiger partial charge >= 0.3 is 17.9 Å². The number of unbranched alkanes of at least 4 members (excludes halogenated alkanes) is 39. The number of hydrogen-bond acceptors (Lipinski definition) is 6. The lowest BCUT2D eigenvalue weighted by Crippen LogP contribution is -2.30. The van der Waals surface area contributed by atoms with Crippen LogP contribution >= 0.6 is 0 Å². The van der Waals surface area contributed by atoms with Gasteiger partial charge in [0.2, 0.25) is 0 Å². The molecule has 6 nitrogen and oxygen atoms in total. The Morgan fingerprint density at radius 1 is 0.269 bits per heavy atom. The lowest BCUT2D eigenvalue weighted by Gasteiger charge is -2.18. The van der Waals surface area contributed by atoms with Gasteiger partial charge in [-0.1, -0.05) is 312 Å². The number of hydrogen-bond donors (Lipinski definition) is 0. The molecule has 0 spiro atoms. The minimum absolute atomic E-state index is 0.0830. The standard InChI is InChI=1S/C72H128O6/c1-4-7-10-13-16-19-22-25-28-30-32-33-34-35-36-37-38-40-41-44-47-50-53-56-59-62-65-71(74)77-68-69(67-76-70(73)64-61-58-55-52-49-46-43-27-24-21-18-15-12-9-6-3)78-72(75)66-63-60-57-54-51-48-45-42-39-31-29-26-23-20-17-14-11-8-5-2/h8,11,17-18,20-21,26-27,29,39,42-43,69H,4-7,9-10,12-16,19,22-25,28,30-38,40-41,44-68H2,1-3H3/b11-8-,20-17-,21-18-,29-26-,42-39-,43-27-. The number of carbonyl (C=O) groups is 3. The molecule has 0 fully saturated rings. The van der Waals surface area contributed by atoms with Gasteiger partial charge in [0.1, 0.15) is 13.2 Å². The van der Waals surface area contributed by atoms with Crippen LogP contribution < -0.4 is 0 Å². The van der Waals surface area contributed by atoms with E-state index in [2.05, 4.69) is 93.7 Å². The molecule has 0 amide bonds. The van der Waals surface area contributed by atoms with Gasteiger partial charge in [-0.25, -0.2) is 0 Å². The molecule has 0 saturated heterocycles. The fourth-order valence-corrected chi connectivity index (χ4v) is 9.88. The minimum Gasteiger partial charge on any atom is -0.462 e. The largest absolute Gasteiger partial charge is 0.462 e. The van der Waals surface area contributed by atoms with E-state index in [1.807, 2.05) is 0 Å². The summed E-state index contributed by atoms with van der Waals surface area (Å²) in [6.07, 6.45) is 86.4. The van der Waals surface area contributed by atoms with Crippen LogP contribution in [0.15, 0.2) is 72.9 Å². The molecule has 0 radical (unpaired) electrons. The van der Waals surface area contributed by atoms with Gasteiger partial charge in [0.25, 0.3) is 0 Å². The van der Waals surface area contributed by atoms with Gasteiger partial charge in [-0.2, -0.15) is 0 Å². The molecular weight excluding hydrogens is 961 g/mol. The van der Waals surface area contributed by atoms with Crippen molar-refractivity contribution in [3.63, 3.8) is 0 Å². The second-order valence-electron chi connectivity index (χ2n) is 22.7. The molecule has 0 aliphatic heterocycles. The van der Waals surface area contributed by atoms with Crippen molar-refractivity contribution in [2.24, 2.45) is 0 Å². The van der Waals surface area contributed by atoms with E-state index in [4.69, 9.17) is 14.2 Å². The molecule has 78 heavy (non-hydrogen) atoms. The summed E-state index contributed by atoms with van der Waals surface area (Å²) >= 11 is 0. The first kappa shape index (κ1) is 74.8. The summed E-state index contributed by atoms with van der Waals surface area (Å²) in [5, 5.41) is 0. The zero-order chi connectivity index (χ0) is 56.4. The first-order valence-electron chi connectivity index (χ1n) is 33.9. The molecule has 1 atom stereocenters. The number of esters is 3. The molecule has 0 aromatic rings. The molecule has 1 unspecified atom stereocenters. The van der Waals surface area contributed by atoms with Gasteiger partial charge in [-0.05, 0) is 89.9 Å². The summed E-state index contributed by atoms with van der Waals surface area (Å²) in [4.78, 5) is 38.4. The zero-order valence-electron chi connectivity index (χ0n) is 51.9. The van der Waals surface area contributed by atoms with Gasteiger partial charge < -0.3 is 14.2 Å². The third-order valence-corrected chi connectivity index (χ3v) is 14.9. The van der Waals surface area contributed by atoms with Crippen LogP contribution in [0, 0.1) is 0 Å². The molecule has 6 heteroatoms. The van der Waals surface area contributed by atoms with E-state index in [1.165, 1.54) is 193 Å². The second-order valence-corrected chi connectivity index (χ2v) is 22.7. The first-order valence-corrected chi connectivity index (χ1v) is 33.9. The highest BCUT2D eigenvalue weighted by atomic mass is 16.6. The van der Waals surface area contributed by atoms with Crippen LogP contribution in [-0.4, -0.2) is 37.2 Å². The summed E-state index contributed by atoms with van der Waals surface area (Å²) in [6, 6.07) is 0. The molecular formula is C72H128O6. The highest BCUT2D eigenvalue weighted by Gasteiger charge is 2.19. The number of ether oxygens (including phenoxy) is 3. The first-order chi connectivity index (χ1) is 38.5. The Kier molecular flexibility index (Phi) is 63.7. The van der Waals surface area contributed by atoms with E-state index >= 15 is 0 Å². The molecule has 0 N–H and O–H groups in total. The maximum Gasteiger partial charge on any atom is 0.306 e. The highest BCUT2D eigenvalue weighted by Crippen LogP contribution is 2.18. The smallest absolute Gasteiger partial charge is 0.306 e. The topological polar surface area (TPSA) is 78.9 Å². The van der Waals surface area contributed by atoms with Crippen molar-refractivity contribution in [3.8, 4) is 0 Å². The number of carbonyl (C=O) groups excluding carboxylic acids is 3. The highest BCUT2D eigenvalue weighted by molar-refractivity contribution is 5.71. The van der Waals surface area contributed by atoms with Crippen LogP contribution in [0.2, 0.25) is 0 Å². The van der Waals surface area contributed by atoms with Crippen molar-refractivity contribution in [1.29, 1.82) is 0 Å². The van der Waals surface area contributed by atoms with Crippen molar-refractivity contribution >= 4 is 17.9 Å². The molecule has 0 heterocycles. The van der Waals surface area contributed by atoms with Gasteiger partial charge in [-0.15, -0.1) is 0 Å². The normalized spacial score (nSPS) is 12.5. The molecule has 0 bridgehead atoms. The average molecular weight is 1090 g/mol. The van der Waals surface area contributed by atoms with E-state index in [0.29, 0.717) is 19.3 Å². The zero-order valence-corrected chi connectivity index (χ0v) is 51.9. The van der Waals surface area contributed by atoms with Gasteiger partial charge in [0, 0.05) is 19.3 Å². The van der Waals surface area contributed by atoms with Crippen molar-refractivity contribution in [3.05, 3.63) is 72.9 Å². The Labute approximate surface area is 484 Å². The molecule has 452 valence electrons. The third-order valence-electron chi connectivity index (χ3n) is 14.9. The van der Waals surface area contributed by atoms with Crippen molar-refractivity contribution in [1.82, 2.24) is 0 Å². The third kappa shape index (κ3) is 63.7. The van der Waals surface area contributed by atoms with Crippen molar-refractivity contribution in [2.75, 3.05) is 13.2 Å². The fraction of sp³-hybridized carbons (Fsp3) is 0.792. The Bertz CT molecular complexity index is 1440. The van der Waals surface area contributed by atoms with E-state index in [9.17, 15) is 14.4 Å². The van der Waals surface area contributed by atoms with Gasteiger partial charge in [0.15, 0.2) is 6.10 Å². The lowest BCUT2D eigenvalue weighted by atomic mass is 10.0. The Hall–Kier alpha value is -3.15. The molecule has 0 aliphatic rings. The Morgan fingerprint density at radius 2 is 0.500 bits per heavy atom. The molecule has 0 rings (SSSR count). The Morgan fingerprint density at radius 3 is 0.808 bits per heavy atom. The van der Waals surface area contributed by atoms with E-state index in [0.717, 1.165) is 116 Å². The summed E-state index contributed by atoms with van der Waals surface area (Å²) in [5.74, 6) is -0.893. The number of rotatable bonds is 62. The van der Waals surface area contributed by atoms with Gasteiger partial charge in [0.05, 0.1) is 0 Å². The molecule has 0 saturated carbocycles. The summed E-state index contributed by atoms with van der Waals surface area (Å²) < 4.78 is 16.9. The van der Waals surface area contributed by atoms with Crippen molar-refractivity contribution in [2.45, 2.75) is 354 Å². The predicted molar refractivity (Wildman–Crippen MR) is 339 cm³/mol. The van der Waals surface area contributed by atoms with Crippen LogP contribution in [0.3, 0.4) is 0 Å². The minimum atomic E-state index is -0.790. The van der Waals surface area contributed by atoms with E-state index in [1.54, 1.807) is 0 Å². The second kappa shape index (κ2) is 66.4.